The normalized spacial score (nSPS) is 16.1. The molecule has 2 N–H and O–H groups in total. The first-order valence-electron chi connectivity index (χ1n) is 4.56. The lowest BCUT2D eigenvalue weighted by Crippen LogP contribution is -2.26. The molecule has 0 aliphatic rings. The Morgan fingerprint density at radius 1 is 1.54 bits per heavy atom. The van der Waals surface area contributed by atoms with Gasteiger partial charge >= 0.3 is 0 Å². The van der Waals surface area contributed by atoms with Gasteiger partial charge in [0.15, 0.2) is 0 Å². The van der Waals surface area contributed by atoms with Crippen molar-refractivity contribution in [3.63, 3.8) is 0 Å². The molecule has 13 heavy (non-hydrogen) atoms. The van der Waals surface area contributed by atoms with E-state index in [1.54, 1.807) is 11.3 Å². The van der Waals surface area contributed by atoms with Crippen LogP contribution in [0.15, 0.2) is 17.5 Å². The van der Waals surface area contributed by atoms with Gasteiger partial charge in [-0.15, -0.1) is 11.3 Å². The zero-order chi connectivity index (χ0) is 9.84. The third kappa shape index (κ3) is 3.10. The van der Waals surface area contributed by atoms with E-state index in [1.165, 1.54) is 4.88 Å². The molecule has 2 nitrogen and oxygen atoms in total. The number of rotatable bonds is 4. The molecule has 0 bridgehead atoms. The van der Waals surface area contributed by atoms with Gasteiger partial charge in [-0.25, -0.2) is 0 Å². The minimum atomic E-state index is 0.259. The molecule has 0 saturated heterocycles. The third-order valence-electron chi connectivity index (χ3n) is 2.09. The van der Waals surface area contributed by atoms with Crippen LogP contribution >= 0.6 is 11.3 Å². The minimum Gasteiger partial charge on any atom is -0.328 e. The summed E-state index contributed by atoms with van der Waals surface area (Å²) in [6, 6.07) is 5.00. The smallest absolute Gasteiger partial charge is 0.0450 e. The highest BCUT2D eigenvalue weighted by atomic mass is 32.1. The highest BCUT2D eigenvalue weighted by molar-refractivity contribution is 7.10. The second kappa shape index (κ2) is 4.74. The maximum Gasteiger partial charge on any atom is 0.0450 e. The van der Waals surface area contributed by atoms with E-state index in [1.807, 2.05) is 0 Å². The zero-order valence-electron chi connectivity index (χ0n) is 8.53. The van der Waals surface area contributed by atoms with E-state index in [0.717, 1.165) is 6.42 Å². The molecule has 0 spiro atoms. The predicted molar refractivity (Wildman–Crippen MR) is 59.0 cm³/mol. The van der Waals surface area contributed by atoms with Crippen molar-refractivity contribution in [3.8, 4) is 0 Å². The lowest BCUT2D eigenvalue weighted by Gasteiger charge is -2.24. The first-order valence-corrected chi connectivity index (χ1v) is 5.44. The van der Waals surface area contributed by atoms with Crippen LogP contribution in [0.4, 0.5) is 0 Å². The van der Waals surface area contributed by atoms with Crippen LogP contribution in [0.2, 0.25) is 0 Å². The van der Waals surface area contributed by atoms with Gasteiger partial charge in [0, 0.05) is 17.0 Å². The molecule has 0 aromatic carbocycles. The summed E-state index contributed by atoms with van der Waals surface area (Å²) in [7, 11) is 4.21. The molecule has 0 saturated carbocycles. The number of nitrogens with two attached hydrogens (primary N) is 1. The molecule has 3 heteroatoms. The van der Waals surface area contributed by atoms with Gasteiger partial charge < -0.3 is 10.6 Å². The van der Waals surface area contributed by atoms with E-state index in [2.05, 4.69) is 43.4 Å². The van der Waals surface area contributed by atoms with E-state index < -0.39 is 0 Å². The lowest BCUT2D eigenvalue weighted by molar-refractivity contribution is 0.276. The van der Waals surface area contributed by atoms with Crippen molar-refractivity contribution < 1.29 is 0 Å². The van der Waals surface area contributed by atoms with Crippen molar-refractivity contribution in [2.75, 3.05) is 14.1 Å². The molecule has 2 unspecified atom stereocenters. The fourth-order valence-electron chi connectivity index (χ4n) is 1.41. The maximum atomic E-state index is 5.82. The Kier molecular flexibility index (Phi) is 3.90. The van der Waals surface area contributed by atoms with Crippen LogP contribution in [0.3, 0.4) is 0 Å². The topological polar surface area (TPSA) is 29.3 Å². The molecule has 0 aliphatic heterocycles. The van der Waals surface area contributed by atoms with Crippen LogP contribution in [0.5, 0.6) is 0 Å². The Hall–Kier alpha value is -0.380. The largest absolute Gasteiger partial charge is 0.328 e. The Morgan fingerprint density at radius 3 is 2.62 bits per heavy atom. The van der Waals surface area contributed by atoms with E-state index >= 15 is 0 Å². The van der Waals surface area contributed by atoms with Crippen LogP contribution in [-0.2, 0) is 0 Å². The van der Waals surface area contributed by atoms with Crippen LogP contribution < -0.4 is 5.73 Å². The van der Waals surface area contributed by atoms with E-state index in [-0.39, 0.29) is 6.04 Å². The van der Waals surface area contributed by atoms with Gasteiger partial charge in [0.2, 0.25) is 0 Å². The molecule has 1 heterocycles. The molecule has 2 atom stereocenters. The Morgan fingerprint density at radius 2 is 2.23 bits per heavy atom. The average molecular weight is 198 g/mol. The molecule has 0 radical (unpaired) electrons. The average Bonchev–Trinajstić information content (AvgIpc) is 2.50. The first kappa shape index (κ1) is 10.7. The lowest BCUT2D eigenvalue weighted by atomic mass is 10.1. The quantitative estimate of drug-likeness (QED) is 0.802. The predicted octanol–water partition coefficient (Wildman–Crippen LogP) is 2.09. The van der Waals surface area contributed by atoms with Gasteiger partial charge in [-0.3, -0.25) is 0 Å². The summed E-state index contributed by atoms with van der Waals surface area (Å²) in [5, 5.41) is 2.12. The highest BCUT2D eigenvalue weighted by Crippen LogP contribution is 2.26. The summed E-state index contributed by atoms with van der Waals surface area (Å²) in [5.74, 6) is 0. The monoisotopic (exact) mass is 198 g/mol. The van der Waals surface area contributed by atoms with Crippen LogP contribution in [-0.4, -0.2) is 25.0 Å². The highest BCUT2D eigenvalue weighted by Gasteiger charge is 2.16. The Bertz CT molecular complexity index is 229. The van der Waals surface area contributed by atoms with Crippen molar-refractivity contribution in [2.45, 2.75) is 25.4 Å². The number of thiophene rings is 1. The standard InChI is InChI=1S/C10H18N2S/c1-8(11)7-9(12(2)3)10-5-4-6-13-10/h4-6,8-9H,7,11H2,1-3H3. The van der Waals surface area contributed by atoms with Gasteiger partial charge in [-0.2, -0.15) is 0 Å². The molecule has 0 fully saturated rings. The van der Waals surface area contributed by atoms with Gasteiger partial charge in [0.05, 0.1) is 0 Å². The summed E-state index contributed by atoms with van der Waals surface area (Å²) in [6.45, 7) is 2.06. The van der Waals surface area contributed by atoms with Gasteiger partial charge in [0.1, 0.15) is 0 Å². The summed E-state index contributed by atoms with van der Waals surface area (Å²) in [5.41, 5.74) is 5.82. The third-order valence-corrected chi connectivity index (χ3v) is 3.06. The van der Waals surface area contributed by atoms with E-state index in [4.69, 9.17) is 5.73 Å². The zero-order valence-corrected chi connectivity index (χ0v) is 9.34. The van der Waals surface area contributed by atoms with Gasteiger partial charge in [-0.05, 0) is 38.9 Å². The number of nitrogens with zero attached hydrogens (tertiary/aromatic N) is 1. The van der Waals surface area contributed by atoms with Crippen molar-refractivity contribution >= 4 is 11.3 Å². The SMILES string of the molecule is CC(N)CC(c1cccs1)N(C)C. The van der Waals surface area contributed by atoms with Crippen molar-refractivity contribution in [1.82, 2.24) is 4.90 Å². The second-order valence-corrected chi connectivity index (χ2v) is 4.69. The van der Waals surface area contributed by atoms with E-state index in [0.29, 0.717) is 6.04 Å². The van der Waals surface area contributed by atoms with Crippen molar-refractivity contribution in [1.29, 1.82) is 0 Å². The molecule has 0 aliphatic carbocycles. The molecular weight excluding hydrogens is 180 g/mol. The first-order chi connectivity index (χ1) is 6.11. The van der Waals surface area contributed by atoms with Crippen molar-refractivity contribution in [2.24, 2.45) is 5.73 Å². The van der Waals surface area contributed by atoms with Gasteiger partial charge in [0.25, 0.3) is 0 Å². The van der Waals surface area contributed by atoms with Crippen molar-refractivity contribution in [3.05, 3.63) is 22.4 Å². The van der Waals surface area contributed by atoms with E-state index in [9.17, 15) is 0 Å². The molecule has 1 aromatic rings. The Labute approximate surface area is 84.4 Å². The summed E-state index contributed by atoms with van der Waals surface area (Å²) in [4.78, 5) is 3.64. The summed E-state index contributed by atoms with van der Waals surface area (Å²) < 4.78 is 0. The summed E-state index contributed by atoms with van der Waals surface area (Å²) in [6.07, 6.45) is 1.02. The second-order valence-electron chi connectivity index (χ2n) is 3.71. The number of hydrogen-bond donors (Lipinski definition) is 1. The summed E-state index contributed by atoms with van der Waals surface area (Å²) >= 11 is 1.80. The van der Waals surface area contributed by atoms with Gasteiger partial charge in [-0.1, -0.05) is 6.07 Å². The fraction of sp³-hybridized carbons (Fsp3) is 0.600. The maximum absolute atomic E-state index is 5.82. The Balaban J connectivity index is 2.69. The number of hydrogen-bond acceptors (Lipinski definition) is 3. The van der Waals surface area contributed by atoms with Crippen LogP contribution in [0, 0.1) is 0 Å². The molecule has 1 rings (SSSR count). The van der Waals surface area contributed by atoms with Crippen LogP contribution in [0.1, 0.15) is 24.3 Å². The minimum absolute atomic E-state index is 0.259. The fourth-order valence-corrected chi connectivity index (χ4v) is 2.35. The molecule has 1 aromatic heterocycles. The molecule has 0 amide bonds. The molecule has 74 valence electrons. The van der Waals surface area contributed by atoms with Crippen LogP contribution in [0.25, 0.3) is 0 Å². The molecular formula is C10H18N2S.